The molecule has 0 radical (unpaired) electrons. The summed E-state index contributed by atoms with van der Waals surface area (Å²) in [6.07, 6.45) is 3.96. The van der Waals surface area contributed by atoms with Gasteiger partial charge in [0.25, 0.3) is 5.91 Å². The fourth-order valence-corrected chi connectivity index (χ4v) is 4.94. The second-order valence-corrected chi connectivity index (χ2v) is 8.12. The molecule has 4 nitrogen and oxygen atoms in total. The lowest BCUT2D eigenvalue weighted by molar-refractivity contribution is 0.0730. The van der Waals surface area contributed by atoms with E-state index in [1.165, 1.54) is 11.1 Å². The summed E-state index contributed by atoms with van der Waals surface area (Å²) in [5.41, 5.74) is 3.66. The topological polar surface area (TPSA) is 38.1 Å². The molecule has 134 valence electrons. The van der Waals surface area contributed by atoms with Crippen molar-refractivity contribution in [2.75, 3.05) is 6.54 Å². The highest BCUT2D eigenvalue weighted by Gasteiger charge is 2.30. The maximum absolute atomic E-state index is 13.3. The molecule has 0 saturated carbocycles. The monoisotopic (exact) mass is 373 g/mol. The fourth-order valence-electron chi connectivity index (χ4n) is 3.91. The van der Waals surface area contributed by atoms with Crippen LogP contribution in [0.3, 0.4) is 0 Å². The molecule has 0 N–H and O–H groups in total. The number of aryl methyl sites for hydroxylation is 1. The molecule has 2 aromatic heterocycles. The molecule has 0 spiro atoms. The van der Waals surface area contributed by atoms with Gasteiger partial charge in [-0.1, -0.05) is 42.5 Å². The van der Waals surface area contributed by atoms with Crippen LogP contribution in [-0.4, -0.2) is 27.1 Å². The molecule has 27 heavy (non-hydrogen) atoms. The predicted octanol–water partition coefficient (Wildman–Crippen LogP) is 4.42. The van der Waals surface area contributed by atoms with Crippen molar-refractivity contribution in [1.29, 1.82) is 0 Å². The van der Waals surface area contributed by atoms with E-state index in [0.29, 0.717) is 13.1 Å². The summed E-state index contributed by atoms with van der Waals surface area (Å²) in [5, 5.41) is 5.47. The van der Waals surface area contributed by atoms with Crippen LogP contribution in [0.2, 0.25) is 0 Å². The number of aromatic nitrogens is 2. The minimum absolute atomic E-state index is 0.111. The van der Waals surface area contributed by atoms with Crippen LogP contribution in [0.4, 0.5) is 0 Å². The average Bonchev–Trinajstić information content (AvgIpc) is 3.32. The highest BCUT2D eigenvalue weighted by atomic mass is 32.1. The molecule has 1 aliphatic rings. The highest BCUT2D eigenvalue weighted by Crippen LogP contribution is 2.35. The van der Waals surface area contributed by atoms with Crippen LogP contribution in [0.15, 0.2) is 67.0 Å². The van der Waals surface area contributed by atoms with Crippen molar-refractivity contribution >= 4 is 27.3 Å². The third kappa shape index (κ3) is 2.84. The van der Waals surface area contributed by atoms with Gasteiger partial charge in [0, 0.05) is 37.0 Å². The van der Waals surface area contributed by atoms with Crippen molar-refractivity contribution < 1.29 is 4.79 Å². The number of benzene rings is 2. The van der Waals surface area contributed by atoms with Crippen molar-refractivity contribution in [1.82, 2.24) is 14.7 Å². The maximum Gasteiger partial charge on any atom is 0.264 e. The van der Waals surface area contributed by atoms with Crippen molar-refractivity contribution in [3.63, 3.8) is 0 Å². The van der Waals surface area contributed by atoms with Crippen LogP contribution in [0, 0.1) is 0 Å². The van der Waals surface area contributed by atoms with E-state index in [4.69, 9.17) is 0 Å². The van der Waals surface area contributed by atoms with Gasteiger partial charge in [0.2, 0.25) is 0 Å². The lowest BCUT2D eigenvalue weighted by Gasteiger charge is -2.34. The second kappa shape index (κ2) is 6.35. The van der Waals surface area contributed by atoms with Crippen molar-refractivity contribution in [2.24, 2.45) is 7.05 Å². The first-order valence-corrected chi connectivity index (χ1v) is 9.85. The number of thiophene rings is 1. The van der Waals surface area contributed by atoms with E-state index in [-0.39, 0.29) is 11.8 Å². The molecule has 5 rings (SSSR count). The SMILES string of the molecule is Cn1cc(C2CN(C(=O)c3cc4ccccc4s3)Cc3ccccc32)cn1. The Morgan fingerprint density at radius 3 is 2.78 bits per heavy atom. The van der Waals surface area contributed by atoms with E-state index in [1.807, 2.05) is 47.1 Å². The Labute approximate surface area is 161 Å². The first-order chi connectivity index (χ1) is 13.2. The highest BCUT2D eigenvalue weighted by molar-refractivity contribution is 7.20. The quantitative estimate of drug-likeness (QED) is 0.522. The van der Waals surface area contributed by atoms with Crippen LogP contribution < -0.4 is 0 Å². The van der Waals surface area contributed by atoms with E-state index < -0.39 is 0 Å². The Morgan fingerprint density at radius 2 is 1.96 bits per heavy atom. The zero-order chi connectivity index (χ0) is 18.4. The van der Waals surface area contributed by atoms with Crippen molar-refractivity contribution in [2.45, 2.75) is 12.5 Å². The van der Waals surface area contributed by atoms with Crippen molar-refractivity contribution in [3.8, 4) is 0 Å². The predicted molar refractivity (Wildman–Crippen MR) is 108 cm³/mol. The molecule has 4 aromatic rings. The van der Waals surface area contributed by atoms with Crippen LogP contribution in [0.5, 0.6) is 0 Å². The molecule has 0 saturated heterocycles. The van der Waals surface area contributed by atoms with E-state index >= 15 is 0 Å². The normalized spacial score (nSPS) is 16.5. The van der Waals surface area contributed by atoms with E-state index in [0.717, 1.165) is 20.5 Å². The molecular weight excluding hydrogens is 354 g/mol. The van der Waals surface area contributed by atoms with Gasteiger partial charge in [-0.2, -0.15) is 5.10 Å². The van der Waals surface area contributed by atoms with Crippen LogP contribution >= 0.6 is 11.3 Å². The minimum Gasteiger partial charge on any atom is -0.333 e. The standard InChI is InChI=1S/C22H19N3OS/c1-24-12-17(11-23-24)19-14-25(13-16-7-2-4-8-18(16)19)22(26)21-10-15-6-3-5-9-20(15)27-21/h2-12,19H,13-14H2,1H3. The van der Waals surface area contributed by atoms with Gasteiger partial charge in [0.1, 0.15) is 0 Å². The van der Waals surface area contributed by atoms with Gasteiger partial charge in [-0.25, -0.2) is 0 Å². The smallest absolute Gasteiger partial charge is 0.264 e. The van der Waals surface area contributed by atoms with Gasteiger partial charge in [0.05, 0.1) is 11.1 Å². The van der Waals surface area contributed by atoms with Gasteiger partial charge >= 0.3 is 0 Å². The van der Waals surface area contributed by atoms with Crippen LogP contribution in [-0.2, 0) is 13.6 Å². The summed E-state index contributed by atoms with van der Waals surface area (Å²) in [5.74, 6) is 0.265. The number of rotatable bonds is 2. The Bertz CT molecular complexity index is 1110. The zero-order valence-electron chi connectivity index (χ0n) is 15.0. The maximum atomic E-state index is 13.3. The largest absolute Gasteiger partial charge is 0.333 e. The van der Waals surface area contributed by atoms with E-state index in [1.54, 1.807) is 11.3 Å². The lowest BCUT2D eigenvalue weighted by Crippen LogP contribution is -2.38. The molecule has 1 aliphatic heterocycles. The van der Waals surface area contributed by atoms with Gasteiger partial charge in [-0.15, -0.1) is 11.3 Å². The number of amides is 1. The molecule has 0 bridgehead atoms. The molecule has 1 atom stereocenters. The Hall–Kier alpha value is -2.92. The molecule has 0 fully saturated rings. The molecule has 1 amide bonds. The molecule has 1 unspecified atom stereocenters. The first-order valence-electron chi connectivity index (χ1n) is 9.03. The fraction of sp³-hybridized carbons (Fsp3) is 0.182. The Balaban J connectivity index is 1.52. The molecular formula is C22H19N3OS. The number of hydrogen-bond donors (Lipinski definition) is 0. The molecule has 0 aliphatic carbocycles. The summed E-state index contributed by atoms with van der Waals surface area (Å²) in [6.45, 7) is 1.33. The number of fused-ring (bicyclic) bond motifs is 2. The summed E-state index contributed by atoms with van der Waals surface area (Å²) < 4.78 is 2.98. The number of carbonyl (C=O) groups is 1. The number of carbonyl (C=O) groups excluding carboxylic acids is 1. The summed E-state index contributed by atoms with van der Waals surface area (Å²) in [6, 6.07) is 18.6. The third-order valence-corrected chi connectivity index (χ3v) is 6.35. The summed E-state index contributed by atoms with van der Waals surface area (Å²) in [4.78, 5) is 16.1. The van der Waals surface area contributed by atoms with Gasteiger partial charge in [-0.05, 0) is 34.2 Å². The summed E-state index contributed by atoms with van der Waals surface area (Å²) >= 11 is 1.57. The average molecular weight is 373 g/mol. The Morgan fingerprint density at radius 1 is 1.15 bits per heavy atom. The van der Waals surface area contributed by atoms with E-state index in [9.17, 15) is 4.79 Å². The van der Waals surface area contributed by atoms with Gasteiger partial charge in [-0.3, -0.25) is 9.48 Å². The van der Waals surface area contributed by atoms with Gasteiger partial charge in [0.15, 0.2) is 0 Å². The lowest BCUT2D eigenvalue weighted by atomic mass is 9.86. The Kier molecular flexibility index (Phi) is 3.83. The number of hydrogen-bond acceptors (Lipinski definition) is 3. The van der Waals surface area contributed by atoms with Gasteiger partial charge < -0.3 is 4.90 Å². The zero-order valence-corrected chi connectivity index (χ0v) is 15.8. The minimum atomic E-state index is 0.111. The molecule has 3 heterocycles. The first kappa shape index (κ1) is 16.3. The number of nitrogens with zero attached hydrogens (tertiary/aromatic N) is 3. The molecule has 5 heteroatoms. The third-order valence-electron chi connectivity index (χ3n) is 5.25. The van der Waals surface area contributed by atoms with Crippen LogP contribution in [0.25, 0.3) is 10.1 Å². The summed E-state index contributed by atoms with van der Waals surface area (Å²) in [7, 11) is 1.93. The molecule has 2 aromatic carbocycles. The van der Waals surface area contributed by atoms with E-state index in [2.05, 4.69) is 41.6 Å². The second-order valence-electron chi connectivity index (χ2n) is 7.03. The van der Waals surface area contributed by atoms with Crippen LogP contribution in [0.1, 0.15) is 32.3 Å². The van der Waals surface area contributed by atoms with Crippen molar-refractivity contribution in [3.05, 3.63) is 88.6 Å².